The van der Waals surface area contributed by atoms with Crippen molar-refractivity contribution in [2.24, 2.45) is 0 Å². The number of hydrogen-bond donors (Lipinski definition) is 0. The van der Waals surface area contributed by atoms with Gasteiger partial charge in [-0.05, 0) is 43.4 Å². The molecule has 1 aliphatic heterocycles. The molecule has 0 saturated carbocycles. The van der Waals surface area contributed by atoms with Crippen LogP contribution < -0.4 is 0 Å². The first-order chi connectivity index (χ1) is 8.92. The number of benzene rings is 1. The molecule has 1 unspecified atom stereocenters. The minimum atomic E-state index is -3.22. The van der Waals surface area contributed by atoms with Gasteiger partial charge in [-0.3, -0.25) is 4.79 Å². The summed E-state index contributed by atoms with van der Waals surface area (Å²) in [4.78, 5) is 12.3. The third-order valence-electron chi connectivity index (χ3n) is 3.93. The smallest absolute Gasteiger partial charge is 0.160 e. The van der Waals surface area contributed by atoms with Crippen LogP contribution in [0.3, 0.4) is 0 Å². The van der Waals surface area contributed by atoms with Crippen LogP contribution in [0.15, 0.2) is 18.2 Å². The van der Waals surface area contributed by atoms with Crippen LogP contribution in [0.2, 0.25) is 0 Å². The number of carbonyl (C=O) groups excluding carboxylic acids is 1. The molecule has 2 rings (SSSR count). The van der Waals surface area contributed by atoms with Crippen molar-refractivity contribution in [3.05, 3.63) is 34.9 Å². The third kappa shape index (κ3) is 3.06. The fourth-order valence-corrected chi connectivity index (χ4v) is 4.63. The van der Waals surface area contributed by atoms with Crippen LogP contribution in [0.5, 0.6) is 0 Å². The SMILES string of the molecule is Cc1cccc(C)c1CC(=O)C1CCCCS1(=O)=O. The summed E-state index contributed by atoms with van der Waals surface area (Å²) in [6.07, 6.45) is 2.26. The Balaban J connectivity index is 2.22. The van der Waals surface area contributed by atoms with Crippen molar-refractivity contribution in [3.63, 3.8) is 0 Å². The van der Waals surface area contributed by atoms with Crippen LogP contribution in [0, 0.1) is 13.8 Å². The summed E-state index contributed by atoms with van der Waals surface area (Å²) in [7, 11) is -3.22. The monoisotopic (exact) mass is 280 g/mol. The summed E-state index contributed by atoms with van der Waals surface area (Å²) in [5.74, 6) is 0.0213. The minimum absolute atomic E-state index is 0.142. The molecule has 0 radical (unpaired) electrons. The van der Waals surface area contributed by atoms with Crippen LogP contribution in [-0.4, -0.2) is 25.2 Å². The van der Waals surface area contributed by atoms with Gasteiger partial charge in [-0.15, -0.1) is 0 Å². The molecule has 3 nitrogen and oxygen atoms in total. The standard InChI is InChI=1S/C15H20O3S/c1-11-6-5-7-12(2)13(11)10-14(16)15-8-3-4-9-19(15,17)18/h5-7,15H,3-4,8-10H2,1-2H3. The van der Waals surface area contributed by atoms with Crippen LogP contribution in [-0.2, 0) is 21.1 Å². The molecule has 19 heavy (non-hydrogen) atoms. The van der Waals surface area contributed by atoms with Gasteiger partial charge in [-0.25, -0.2) is 8.42 Å². The number of hydrogen-bond acceptors (Lipinski definition) is 3. The van der Waals surface area contributed by atoms with E-state index in [1.54, 1.807) is 0 Å². The van der Waals surface area contributed by atoms with E-state index in [0.717, 1.165) is 23.1 Å². The van der Waals surface area contributed by atoms with Gasteiger partial charge in [-0.1, -0.05) is 24.6 Å². The van der Waals surface area contributed by atoms with Crippen LogP contribution in [0.4, 0.5) is 0 Å². The molecular formula is C15H20O3S. The summed E-state index contributed by atoms with van der Waals surface area (Å²) in [5.41, 5.74) is 3.09. The van der Waals surface area contributed by atoms with E-state index in [-0.39, 0.29) is 18.0 Å². The molecule has 0 aliphatic carbocycles. The molecule has 0 amide bonds. The van der Waals surface area contributed by atoms with Crippen molar-refractivity contribution in [2.45, 2.75) is 44.8 Å². The Hall–Kier alpha value is -1.16. The normalized spacial score (nSPS) is 22.1. The number of ketones is 1. The number of aryl methyl sites for hydroxylation is 2. The van der Waals surface area contributed by atoms with Crippen molar-refractivity contribution in [3.8, 4) is 0 Å². The van der Waals surface area contributed by atoms with Gasteiger partial charge in [0.1, 0.15) is 5.25 Å². The first kappa shape index (κ1) is 14.3. The average molecular weight is 280 g/mol. The molecule has 104 valence electrons. The first-order valence-electron chi connectivity index (χ1n) is 6.71. The van der Waals surface area contributed by atoms with Crippen molar-refractivity contribution in [2.75, 3.05) is 5.75 Å². The van der Waals surface area contributed by atoms with E-state index in [1.165, 1.54) is 0 Å². The second kappa shape index (κ2) is 5.45. The second-order valence-electron chi connectivity index (χ2n) is 5.36. The van der Waals surface area contributed by atoms with E-state index >= 15 is 0 Å². The predicted molar refractivity (Wildman–Crippen MR) is 76.1 cm³/mol. The third-order valence-corrected chi connectivity index (χ3v) is 6.16. The van der Waals surface area contributed by atoms with E-state index in [0.29, 0.717) is 12.8 Å². The average Bonchev–Trinajstić information content (AvgIpc) is 2.33. The predicted octanol–water partition coefficient (Wildman–Crippen LogP) is 2.38. The summed E-state index contributed by atoms with van der Waals surface area (Å²) >= 11 is 0. The number of rotatable bonds is 3. The maximum atomic E-state index is 12.3. The lowest BCUT2D eigenvalue weighted by Crippen LogP contribution is -2.36. The fraction of sp³-hybridized carbons (Fsp3) is 0.533. The Bertz CT molecular complexity index is 567. The van der Waals surface area contributed by atoms with E-state index in [4.69, 9.17) is 0 Å². The molecule has 1 fully saturated rings. The molecule has 4 heteroatoms. The van der Waals surface area contributed by atoms with Gasteiger partial charge < -0.3 is 0 Å². The summed E-state index contributed by atoms with van der Waals surface area (Å²) in [6.45, 7) is 3.93. The fourth-order valence-electron chi connectivity index (χ4n) is 2.73. The highest BCUT2D eigenvalue weighted by Crippen LogP contribution is 2.23. The lowest BCUT2D eigenvalue weighted by Gasteiger charge is -2.21. The van der Waals surface area contributed by atoms with E-state index in [1.807, 2.05) is 32.0 Å². The van der Waals surface area contributed by atoms with Crippen molar-refractivity contribution in [1.82, 2.24) is 0 Å². The molecule has 0 spiro atoms. The van der Waals surface area contributed by atoms with Gasteiger partial charge in [0.2, 0.25) is 0 Å². The second-order valence-corrected chi connectivity index (χ2v) is 7.67. The Morgan fingerprint density at radius 3 is 2.42 bits per heavy atom. The topological polar surface area (TPSA) is 51.2 Å². The number of carbonyl (C=O) groups is 1. The minimum Gasteiger partial charge on any atom is -0.298 e. The highest BCUT2D eigenvalue weighted by molar-refractivity contribution is 7.92. The molecule has 0 aromatic heterocycles. The van der Waals surface area contributed by atoms with Gasteiger partial charge >= 0.3 is 0 Å². The van der Waals surface area contributed by atoms with Gasteiger partial charge in [0.15, 0.2) is 15.6 Å². The van der Waals surface area contributed by atoms with E-state index < -0.39 is 15.1 Å². The molecule has 1 atom stereocenters. The van der Waals surface area contributed by atoms with Crippen molar-refractivity contribution in [1.29, 1.82) is 0 Å². The van der Waals surface area contributed by atoms with Crippen molar-refractivity contribution < 1.29 is 13.2 Å². The maximum Gasteiger partial charge on any atom is 0.160 e. The molecule has 1 saturated heterocycles. The number of Topliss-reactive ketones (excluding diaryl/α,β-unsaturated/α-hetero) is 1. The summed E-state index contributed by atoms with van der Waals surface area (Å²) in [5, 5.41) is -0.778. The molecule has 1 aliphatic rings. The van der Waals surface area contributed by atoms with Crippen LogP contribution in [0.25, 0.3) is 0 Å². The molecular weight excluding hydrogens is 260 g/mol. The summed E-state index contributed by atoms with van der Waals surface area (Å²) in [6, 6.07) is 5.88. The van der Waals surface area contributed by atoms with Gasteiger partial charge in [0.05, 0.1) is 5.75 Å². The molecule has 1 aromatic carbocycles. The lowest BCUT2D eigenvalue weighted by atomic mass is 9.96. The zero-order chi connectivity index (χ0) is 14.0. The highest BCUT2D eigenvalue weighted by Gasteiger charge is 2.34. The van der Waals surface area contributed by atoms with E-state index in [9.17, 15) is 13.2 Å². The Kier molecular flexibility index (Phi) is 4.09. The van der Waals surface area contributed by atoms with Gasteiger partial charge in [-0.2, -0.15) is 0 Å². The van der Waals surface area contributed by atoms with Gasteiger partial charge in [0, 0.05) is 6.42 Å². The largest absolute Gasteiger partial charge is 0.298 e. The highest BCUT2D eigenvalue weighted by atomic mass is 32.2. The molecule has 0 N–H and O–H groups in total. The first-order valence-corrected chi connectivity index (χ1v) is 8.43. The Morgan fingerprint density at radius 1 is 1.21 bits per heavy atom. The molecule has 1 aromatic rings. The quantitative estimate of drug-likeness (QED) is 0.854. The van der Waals surface area contributed by atoms with Crippen molar-refractivity contribution >= 4 is 15.6 Å². The maximum absolute atomic E-state index is 12.3. The molecule has 1 heterocycles. The van der Waals surface area contributed by atoms with E-state index in [2.05, 4.69) is 0 Å². The zero-order valence-corrected chi connectivity index (χ0v) is 12.3. The van der Waals surface area contributed by atoms with Gasteiger partial charge in [0.25, 0.3) is 0 Å². The molecule has 0 bridgehead atoms. The summed E-state index contributed by atoms with van der Waals surface area (Å²) < 4.78 is 23.9. The van der Waals surface area contributed by atoms with Crippen LogP contribution in [0.1, 0.15) is 36.0 Å². The van der Waals surface area contributed by atoms with Crippen LogP contribution >= 0.6 is 0 Å². The zero-order valence-electron chi connectivity index (χ0n) is 11.5. The number of sulfone groups is 1. The Labute approximate surface area is 114 Å². The lowest BCUT2D eigenvalue weighted by molar-refractivity contribution is -0.118. The Morgan fingerprint density at radius 2 is 1.84 bits per heavy atom.